The Kier molecular flexibility index (Phi) is 3.98. The molecule has 13 nitrogen and oxygen atoms in total. The summed E-state index contributed by atoms with van der Waals surface area (Å²) in [6, 6.07) is 0. The van der Waals surface area contributed by atoms with Gasteiger partial charge in [-0.1, -0.05) is 20.8 Å². The zero-order valence-electron chi connectivity index (χ0n) is 19.6. The van der Waals surface area contributed by atoms with E-state index in [1.807, 2.05) is 0 Å². The van der Waals surface area contributed by atoms with Gasteiger partial charge in [0.25, 0.3) is 0 Å². The van der Waals surface area contributed by atoms with Gasteiger partial charge >= 0.3 is 24.0 Å². The molecule has 0 radical (unpaired) electrons. The summed E-state index contributed by atoms with van der Waals surface area (Å²) in [6.07, 6.45) is -10.7. The molecule has 6 rings (SSSR count). The minimum absolute atomic E-state index is 0.862. The van der Waals surface area contributed by atoms with Gasteiger partial charge in [0.05, 0.1) is 16.7 Å². The lowest BCUT2D eigenvalue weighted by molar-refractivity contribution is -0.240. The second kappa shape index (κ2) is 6.07. The molecule has 192 valence electrons. The molecule has 2 aliphatic carbocycles. The third-order valence-electron chi connectivity index (χ3n) is 9.37. The first-order chi connectivity index (χ1) is 16.2. The van der Waals surface area contributed by atoms with Crippen molar-refractivity contribution in [3.8, 4) is 0 Å². The Hall–Kier alpha value is -2.48. The first-order valence-corrected chi connectivity index (χ1v) is 11.5. The van der Waals surface area contributed by atoms with Crippen molar-refractivity contribution < 1.29 is 58.2 Å². The van der Waals surface area contributed by atoms with Crippen LogP contribution in [0.4, 0.5) is 4.79 Å². The molecule has 2 spiro atoms. The number of aliphatic hydroxyl groups excluding tert-OH is 2. The Morgan fingerprint density at radius 3 is 2.31 bits per heavy atom. The average Bonchev–Trinajstić information content (AvgIpc) is 3.47. The number of hydrogen-bond donors (Lipinski definition) is 4. The van der Waals surface area contributed by atoms with Crippen LogP contribution in [0.25, 0.3) is 0 Å². The van der Waals surface area contributed by atoms with Gasteiger partial charge in [0.15, 0.2) is 23.9 Å². The fourth-order valence-electron chi connectivity index (χ4n) is 8.53. The molecule has 6 aliphatic rings. The first-order valence-electron chi connectivity index (χ1n) is 11.5. The predicted octanol–water partition coefficient (Wildman–Crippen LogP) is -2.03. The summed E-state index contributed by atoms with van der Waals surface area (Å²) in [5, 5.41) is 37.7. The topological polar surface area (TPSA) is 187 Å². The van der Waals surface area contributed by atoms with Crippen LogP contribution in [0.2, 0.25) is 0 Å². The van der Waals surface area contributed by atoms with Gasteiger partial charge < -0.3 is 44.3 Å². The predicted molar refractivity (Wildman–Crippen MR) is 107 cm³/mol. The quantitative estimate of drug-likeness (QED) is 0.230. The lowest BCUT2D eigenvalue weighted by atomic mass is 9.51. The number of alkyl carbamates (subject to hydrolysis) is 1. The molecule has 4 aliphatic heterocycles. The van der Waals surface area contributed by atoms with Crippen molar-refractivity contribution in [2.24, 2.45) is 28.1 Å². The number of carbonyl (C=O) groups is 4. The summed E-state index contributed by atoms with van der Waals surface area (Å²) in [5.74, 6) is -5.39. The zero-order chi connectivity index (χ0) is 25.7. The van der Waals surface area contributed by atoms with E-state index in [0.29, 0.717) is 0 Å². The van der Waals surface area contributed by atoms with E-state index in [1.54, 1.807) is 20.8 Å². The number of carbonyl (C=O) groups excluding carboxylic acids is 4. The minimum atomic E-state index is -2.46. The van der Waals surface area contributed by atoms with Crippen molar-refractivity contribution in [1.29, 1.82) is 0 Å². The minimum Gasteiger partial charge on any atom is -0.456 e. The van der Waals surface area contributed by atoms with E-state index in [4.69, 9.17) is 23.7 Å². The fraction of sp³-hybridized carbons (Fsp3) is 0.818. The number of amides is 1. The van der Waals surface area contributed by atoms with Gasteiger partial charge in [-0.3, -0.25) is 4.79 Å². The molecular formula is C22H27NO12. The highest BCUT2D eigenvalue weighted by Crippen LogP contribution is 2.84. The molecule has 4 saturated heterocycles. The fourth-order valence-corrected chi connectivity index (χ4v) is 8.53. The van der Waals surface area contributed by atoms with Crippen LogP contribution in [-0.2, 0) is 38.1 Å². The van der Waals surface area contributed by atoms with Crippen LogP contribution in [0.5, 0.6) is 0 Å². The van der Waals surface area contributed by atoms with Crippen LogP contribution in [0.1, 0.15) is 27.7 Å². The highest BCUT2D eigenvalue weighted by molar-refractivity contribution is 5.94. The summed E-state index contributed by atoms with van der Waals surface area (Å²) >= 11 is 0. The summed E-state index contributed by atoms with van der Waals surface area (Å²) in [4.78, 5) is 51.4. The molecule has 0 aromatic heterocycles. The van der Waals surface area contributed by atoms with Gasteiger partial charge in [-0.25, -0.2) is 14.4 Å². The molecule has 0 bridgehead atoms. The lowest BCUT2D eigenvalue weighted by Gasteiger charge is -2.47. The number of rotatable bonds is 1. The monoisotopic (exact) mass is 497 g/mol. The number of ether oxygens (including phenoxy) is 5. The Morgan fingerprint density at radius 1 is 1.06 bits per heavy atom. The van der Waals surface area contributed by atoms with Gasteiger partial charge in [0, 0.05) is 13.0 Å². The van der Waals surface area contributed by atoms with Crippen molar-refractivity contribution in [3.63, 3.8) is 0 Å². The number of nitrogens with one attached hydrogen (secondary N) is 1. The van der Waals surface area contributed by atoms with E-state index >= 15 is 0 Å². The van der Waals surface area contributed by atoms with Crippen LogP contribution in [0.15, 0.2) is 0 Å². The van der Waals surface area contributed by atoms with Crippen molar-refractivity contribution in [2.45, 2.75) is 75.7 Å². The van der Waals surface area contributed by atoms with Gasteiger partial charge in [-0.15, -0.1) is 0 Å². The van der Waals surface area contributed by atoms with Crippen LogP contribution in [0.3, 0.4) is 0 Å². The SMILES string of the molecule is CNC(=O)O[C@@H]1C(C(C)(C)C)C23C(OC(=O)[C@@H]2O)OC24C(=O)OC1C32C(O)C1OC(=O)[C@@H](C)[C@@]14O. The molecule has 0 aromatic rings. The zero-order valence-corrected chi connectivity index (χ0v) is 19.6. The Morgan fingerprint density at radius 2 is 1.71 bits per heavy atom. The third kappa shape index (κ3) is 1.86. The van der Waals surface area contributed by atoms with Crippen molar-refractivity contribution in [2.75, 3.05) is 7.05 Å². The highest BCUT2D eigenvalue weighted by Gasteiger charge is 3.05. The molecule has 6 fully saturated rings. The number of hydrogen-bond acceptors (Lipinski definition) is 12. The summed E-state index contributed by atoms with van der Waals surface area (Å²) in [5.41, 5.74) is -9.74. The molecule has 8 unspecified atom stereocenters. The molecular weight excluding hydrogens is 470 g/mol. The Labute approximate surface area is 199 Å². The van der Waals surface area contributed by atoms with Crippen LogP contribution in [0, 0.1) is 28.1 Å². The molecule has 4 N–H and O–H groups in total. The van der Waals surface area contributed by atoms with Crippen molar-refractivity contribution in [3.05, 3.63) is 0 Å². The average molecular weight is 497 g/mol. The van der Waals surface area contributed by atoms with Gasteiger partial charge in [-0.05, 0) is 12.3 Å². The van der Waals surface area contributed by atoms with Gasteiger partial charge in [0.2, 0.25) is 11.9 Å². The Balaban J connectivity index is 1.72. The second-order valence-electron chi connectivity index (χ2n) is 11.4. The molecule has 2 saturated carbocycles. The van der Waals surface area contributed by atoms with E-state index in [-0.39, 0.29) is 0 Å². The van der Waals surface area contributed by atoms with Crippen molar-refractivity contribution >= 4 is 24.0 Å². The smallest absolute Gasteiger partial charge is 0.407 e. The van der Waals surface area contributed by atoms with Crippen LogP contribution < -0.4 is 5.32 Å². The lowest BCUT2D eigenvalue weighted by Crippen LogP contribution is -2.67. The van der Waals surface area contributed by atoms with Gasteiger partial charge in [-0.2, -0.15) is 0 Å². The molecule has 4 heterocycles. The number of aliphatic hydroxyl groups is 3. The van der Waals surface area contributed by atoms with E-state index in [2.05, 4.69) is 5.32 Å². The molecule has 0 aromatic carbocycles. The summed E-state index contributed by atoms with van der Waals surface area (Å²) < 4.78 is 28.3. The maximum atomic E-state index is 13.7. The normalized spacial score (nSPS) is 55.0. The van der Waals surface area contributed by atoms with E-state index in [9.17, 15) is 34.5 Å². The van der Waals surface area contributed by atoms with Crippen LogP contribution in [-0.4, -0.2) is 94.4 Å². The maximum absolute atomic E-state index is 13.7. The third-order valence-corrected chi connectivity index (χ3v) is 9.37. The molecule has 1 amide bonds. The van der Waals surface area contributed by atoms with Gasteiger partial charge in [0.1, 0.15) is 12.2 Å². The second-order valence-corrected chi connectivity index (χ2v) is 11.4. The van der Waals surface area contributed by atoms with Crippen LogP contribution >= 0.6 is 0 Å². The van der Waals surface area contributed by atoms with E-state index < -0.39 is 100 Å². The van der Waals surface area contributed by atoms with E-state index in [0.717, 1.165) is 0 Å². The number of esters is 3. The van der Waals surface area contributed by atoms with E-state index in [1.165, 1.54) is 14.0 Å². The molecule has 12 atom stereocenters. The van der Waals surface area contributed by atoms with Crippen molar-refractivity contribution in [1.82, 2.24) is 5.32 Å². The largest absolute Gasteiger partial charge is 0.456 e. The summed E-state index contributed by atoms with van der Waals surface area (Å²) in [6.45, 7) is 6.61. The highest BCUT2D eigenvalue weighted by atomic mass is 16.8. The first kappa shape index (κ1) is 23.0. The maximum Gasteiger partial charge on any atom is 0.407 e. The molecule has 35 heavy (non-hydrogen) atoms. The number of fused-ring (bicyclic) bond motifs is 1. The standard InChI is InChI=1S/C22H27NO12/c1-6-13(26)32-12-9(24)20-11-7(31-17(29)23-5)8(18(2,3)4)19(20)10(25)14(27)34-16(19)35-22(20,15(28)33-11)21(6,12)30/h6-12,16,24-25,30H,1-5H3,(H,23,29)/t6-,7-,8?,9?,10+,11?,12?,16?,19?,20?,21-,22?/m1/s1. The molecule has 13 heteroatoms. The summed E-state index contributed by atoms with van der Waals surface area (Å²) in [7, 11) is 1.33. The Bertz CT molecular complexity index is 1090.